The van der Waals surface area contributed by atoms with E-state index in [2.05, 4.69) is 21.4 Å². The number of aromatic nitrogens is 3. The number of pyridine rings is 2. The van der Waals surface area contributed by atoms with Crippen molar-refractivity contribution in [3.05, 3.63) is 106 Å². The number of aromatic amines is 1. The number of hydrogen-bond acceptors (Lipinski definition) is 4. The molecule has 5 rings (SSSR count). The van der Waals surface area contributed by atoms with Crippen LogP contribution >= 0.6 is 0 Å². The smallest absolute Gasteiger partial charge is 0.260 e. The molecule has 0 aliphatic heterocycles. The lowest BCUT2D eigenvalue weighted by Gasteiger charge is -2.13. The maximum Gasteiger partial charge on any atom is 0.260 e. The van der Waals surface area contributed by atoms with Crippen molar-refractivity contribution >= 4 is 22.6 Å². The quantitative estimate of drug-likeness (QED) is 0.327. The zero-order valence-electron chi connectivity index (χ0n) is 20.4. The van der Waals surface area contributed by atoms with Crippen LogP contribution in [0.15, 0.2) is 77.9 Å². The number of fused-ring (bicyclic) bond motifs is 1. The summed E-state index contributed by atoms with van der Waals surface area (Å²) in [5, 5.41) is 12.8. The molecule has 9 heteroatoms. The van der Waals surface area contributed by atoms with E-state index in [9.17, 15) is 23.6 Å². The predicted octanol–water partition coefficient (Wildman–Crippen LogP) is 5.49. The van der Waals surface area contributed by atoms with Crippen LogP contribution in [0.25, 0.3) is 33.3 Å². The largest absolute Gasteiger partial charge is 0.354 e. The first-order valence-electron chi connectivity index (χ1n) is 11.7. The molecule has 1 unspecified atom stereocenters. The number of carbonyl (C=O) groups excluding carboxylic acids is 1. The lowest BCUT2D eigenvalue weighted by atomic mass is 9.95. The molecule has 0 fully saturated rings. The Balaban J connectivity index is 1.62. The molecule has 0 saturated heterocycles. The highest BCUT2D eigenvalue weighted by molar-refractivity contribution is 6.05. The van der Waals surface area contributed by atoms with E-state index in [0.29, 0.717) is 33.3 Å². The molecule has 3 heterocycles. The summed E-state index contributed by atoms with van der Waals surface area (Å²) in [6.45, 7) is 1.70. The fourth-order valence-corrected chi connectivity index (χ4v) is 4.40. The standard InChI is InChI=1S/C29H21F2N5O2/c1-16(17-3-6-20(30)7-4-17)28(37)35-24-13-18(9-11-33-24)27-25(22-14-21(31)8-5-19(22)15-32)26-23(34-27)10-12-36(2)29(26)38/h3-14,16,34H,1-2H3,(H,33,35,37). The molecule has 1 amide bonds. The summed E-state index contributed by atoms with van der Waals surface area (Å²) in [6.07, 6.45) is 3.11. The summed E-state index contributed by atoms with van der Waals surface area (Å²) in [5.41, 5.74) is 2.72. The molecule has 188 valence electrons. The number of amides is 1. The van der Waals surface area contributed by atoms with E-state index in [0.717, 1.165) is 0 Å². The summed E-state index contributed by atoms with van der Waals surface area (Å²) in [5.74, 6) is -1.61. The molecule has 2 N–H and O–H groups in total. The summed E-state index contributed by atoms with van der Waals surface area (Å²) >= 11 is 0. The van der Waals surface area contributed by atoms with Gasteiger partial charge in [0.25, 0.3) is 5.56 Å². The Morgan fingerprint density at radius 3 is 2.55 bits per heavy atom. The Morgan fingerprint density at radius 1 is 1.08 bits per heavy atom. The lowest BCUT2D eigenvalue weighted by molar-refractivity contribution is -0.117. The Morgan fingerprint density at radius 2 is 1.82 bits per heavy atom. The summed E-state index contributed by atoms with van der Waals surface area (Å²) < 4.78 is 29.0. The third-order valence-electron chi connectivity index (χ3n) is 6.46. The van der Waals surface area contributed by atoms with Crippen LogP contribution in [0.3, 0.4) is 0 Å². The monoisotopic (exact) mass is 509 g/mol. The van der Waals surface area contributed by atoms with E-state index >= 15 is 0 Å². The SMILES string of the molecule is CC(C(=O)Nc1cc(-c2[nH]c3ccn(C)c(=O)c3c2-c2cc(F)ccc2C#N)ccn1)c1ccc(F)cc1. The molecule has 0 spiro atoms. The van der Waals surface area contributed by atoms with Gasteiger partial charge in [-0.1, -0.05) is 12.1 Å². The number of H-pyrrole nitrogens is 1. The van der Waals surface area contributed by atoms with Gasteiger partial charge in [0.05, 0.1) is 34.1 Å². The average molecular weight is 510 g/mol. The van der Waals surface area contributed by atoms with Gasteiger partial charge < -0.3 is 14.9 Å². The lowest BCUT2D eigenvalue weighted by Crippen LogP contribution is -2.19. The second-order valence-corrected chi connectivity index (χ2v) is 8.89. The summed E-state index contributed by atoms with van der Waals surface area (Å²) in [4.78, 5) is 33.5. The van der Waals surface area contributed by atoms with Gasteiger partial charge in [0.15, 0.2) is 0 Å². The zero-order valence-corrected chi connectivity index (χ0v) is 20.4. The van der Waals surface area contributed by atoms with Crippen molar-refractivity contribution < 1.29 is 13.6 Å². The molecule has 2 aromatic carbocycles. The highest BCUT2D eigenvalue weighted by Gasteiger charge is 2.22. The molecule has 38 heavy (non-hydrogen) atoms. The van der Waals surface area contributed by atoms with Gasteiger partial charge in [-0.2, -0.15) is 5.26 Å². The van der Waals surface area contributed by atoms with Crippen LogP contribution in [0.2, 0.25) is 0 Å². The van der Waals surface area contributed by atoms with Crippen LogP contribution in [0.1, 0.15) is 24.0 Å². The Hall–Kier alpha value is -5.10. The topological polar surface area (TPSA) is 104 Å². The van der Waals surface area contributed by atoms with Crippen LogP contribution in [0.4, 0.5) is 14.6 Å². The van der Waals surface area contributed by atoms with Crippen molar-refractivity contribution in [2.45, 2.75) is 12.8 Å². The number of nitrogens with one attached hydrogen (secondary N) is 2. The molecular weight excluding hydrogens is 488 g/mol. The number of aryl methyl sites for hydroxylation is 1. The summed E-state index contributed by atoms with van der Waals surface area (Å²) in [6, 6.07) is 16.6. The van der Waals surface area contributed by atoms with Gasteiger partial charge in [-0.15, -0.1) is 0 Å². The zero-order chi connectivity index (χ0) is 27.0. The van der Waals surface area contributed by atoms with Gasteiger partial charge in [0.1, 0.15) is 17.5 Å². The van der Waals surface area contributed by atoms with Gasteiger partial charge in [-0.25, -0.2) is 13.8 Å². The van der Waals surface area contributed by atoms with E-state index < -0.39 is 17.6 Å². The van der Waals surface area contributed by atoms with Gasteiger partial charge in [-0.3, -0.25) is 9.59 Å². The first-order valence-corrected chi connectivity index (χ1v) is 11.7. The predicted molar refractivity (Wildman–Crippen MR) is 140 cm³/mol. The third-order valence-corrected chi connectivity index (χ3v) is 6.46. The minimum absolute atomic E-state index is 0.204. The number of halogens is 2. The van der Waals surface area contributed by atoms with E-state index in [1.54, 1.807) is 50.5 Å². The molecule has 0 bridgehead atoms. The van der Waals surface area contributed by atoms with Gasteiger partial charge in [0.2, 0.25) is 5.91 Å². The van der Waals surface area contributed by atoms with Crippen molar-refractivity contribution in [2.24, 2.45) is 7.05 Å². The van der Waals surface area contributed by atoms with Crippen molar-refractivity contribution in [1.82, 2.24) is 14.5 Å². The molecule has 0 radical (unpaired) electrons. The third kappa shape index (κ3) is 4.44. The van der Waals surface area contributed by atoms with Crippen LogP contribution in [0.5, 0.6) is 0 Å². The molecule has 0 aliphatic carbocycles. The van der Waals surface area contributed by atoms with E-state index in [1.807, 2.05) is 0 Å². The Kier molecular flexibility index (Phi) is 6.31. The van der Waals surface area contributed by atoms with Crippen LogP contribution in [-0.4, -0.2) is 20.4 Å². The van der Waals surface area contributed by atoms with Crippen molar-refractivity contribution in [2.75, 3.05) is 5.32 Å². The van der Waals surface area contributed by atoms with Gasteiger partial charge in [-0.05, 0) is 61.0 Å². The van der Waals surface area contributed by atoms with Crippen LogP contribution in [0, 0.1) is 23.0 Å². The van der Waals surface area contributed by atoms with E-state index in [4.69, 9.17) is 0 Å². The van der Waals surface area contributed by atoms with Gasteiger partial charge >= 0.3 is 0 Å². The second kappa shape index (κ2) is 9.75. The number of hydrogen-bond donors (Lipinski definition) is 2. The first kappa shape index (κ1) is 24.6. The summed E-state index contributed by atoms with van der Waals surface area (Å²) in [7, 11) is 1.61. The van der Waals surface area contributed by atoms with Crippen LogP contribution < -0.4 is 10.9 Å². The van der Waals surface area contributed by atoms with Gasteiger partial charge in [0, 0.05) is 36.1 Å². The molecule has 7 nitrogen and oxygen atoms in total. The number of rotatable bonds is 5. The number of benzene rings is 2. The second-order valence-electron chi connectivity index (χ2n) is 8.89. The molecular formula is C29H21F2N5O2. The van der Waals surface area contributed by atoms with E-state index in [-0.39, 0.29) is 28.4 Å². The minimum atomic E-state index is -0.571. The van der Waals surface area contributed by atoms with Crippen molar-refractivity contribution in [3.63, 3.8) is 0 Å². The molecule has 0 aliphatic rings. The highest BCUT2D eigenvalue weighted by atomic mass is 19.1. The maximum absolute atomic E-state index is 14.4. The number of anilines is 1. The molecule has 1 atom stereocenters. The average Bonchev–Trinajstić information content (AvgIpc) is 3.31. The van der Waals surface area contributed by atoms with E-state index in [1.165, 1.54) is 41.1 Å². The fourth-order valence-electron chi connectivity index (χ4n) is 4.40. The minimum Gasteiger partial charge on any atom is -0.354 e. The Bertz CT molecular complexity index is 1800. The Labute approximate surface area is 216 Å². The number of nitriles is 1. The van der Waals surface area contributed by atoms with Crippen LogP contribution in [-0.2, 0) is 11.8 Å². The molecule has 0 saturated carbocycles. The number of nitrogens with zero attached hydrogens (tertiary/aromatic N) is 3. The number of carbonyl (C=O) groups is 1. The van der Waals surface area contributed by atoms with Crippen molar-refractivity contribution in [3.8, 4) is 28.5 Å². The molecule has 5 aromatic rings. The fraction of sp³-hybridized carbons (Fsp3) is 0.103. The first-order chi connectivity index (χ1) is 18.3. The normalized spacial score (nSPS) is 11.8. The molecule has 3 aromatic heterocycles. The van der Waals surface area contributed by atoms with Crippen molar-refractivity contribution in [1.29, 1.82) is 5.26 Å². The maximum atomic E-state index is 14.4. The highest BCUT2D eigenvalue weighted by Crippen LogP contribution is 2.39.